The molecule has 0 bridgehead atoms. The molecule has 2 atom stereocenters. The van der Waals surface area contributed by atoms with Crippen LogP contribution in [0.2, 0.25) is 5.02 Å². The Balaban J connectivity index is 1.60. The Hall–Kier alpha value is -5.55. The molecule has 13 nitrogen and oxygen atoms in total. The van der Waals surface area contributed by atoms with Gasteiger partial charge in [0.2, 0.25) is 5.90 Å². The van der Waals surface area contributed by atoms with Crippen LogP contribution in [0.25, 0.3) is 20.9 Å². The molecule has 1 heterocycles. The second-order valence-electron chi connectivity index (χ2n) is 10.5. The van der Waals surface area contributed by atoms with E-state index >= 15 is 0 Å². The number of carbonyl (C=O) groups excluding carboxylic acids is 1. The van der Waals surface area contributed by atoms with Gasteiger partial charge in [-0.1, -0.05) is 82.5 Å². The molecule has 0 saturated carbocycles. The lowest BCUT2D eigenvalue weighted by molar-refractivity contribution is -0.130. The number of aliphatic imine (C=N–C) groups is 1. The topological polar surface area (TPSA) is 190 Å². The average Bonchev–Trinajstić information content (AvgIpc) is 3.47. The van der Waals surface area contributed by atoms with Crippen molar-refractivity contribution in [2.45, 2.75) is 31.0 Å². The molecule has 1 amide bonds. The van der Waals surface area contributed by atoms with E-state index in [9.17, 15) is 15.9 Å². The number of nitrogens with one attached hydrogen (secondary N) is 2. The largest absolute Gasteiger partial charge is 0.494 e. The van der Waals surface area contributed by atoms with Crippen LogP contribution in [0.5, 0.6) is 5.75 Å². The standard InChI is InChI=1S/C33H30ClN9O4/c34-25-14-10-22(11-15-25)21-37-41-32(45)33(20-24-6-1-3-8-28(24)39-42-35)30(27-7-2-4-9-29(27)40-43-36)47-31(38-33)23-12-16-26(17-13-23)46-19-5-18-44/h1-4,6-17,30,37,44H,5,18-21H2,(H,41,45)/t30-,33-/m0/s1. The monoisotopic (exact) mass is 651 g/mol. The molecule has 0 radical (unpaired) electrons. The summed E-state index contributed by atoms with van der Waals surface area (Å²) in [7, 11) is 0. The highest BCUT2D eigenvalue weighted by atomic mass is 35.5. The fraction of sp³-hybridized carbons (Fsp3) is 0.212. The van der Waals surface area contributed by atoms with Crippen molar-refractivity contribution in [2.75, 3.05) is 13.2 Å². The molecule has 4 aromatic rings. The number of nitrogens with zero attached hydrogens (tertiary/aromatic N) is 7. The van der Waals surface area contributed by atoms with Crippen molar-refractivity contribution in [3.05, 3.63) is 145 Å². The molecule has 4 aromatic carbocycles. The Morgan fingerprint density at radius 3 is 2.36 bits per heavy atom. The number of aliphatic hydroxyl groups is 1. The van der Waals surface area contributed by atoms with Gasteiger partial charge < -0.3 is 14.6 Å². The van der Waals surface area contributed by atoms with E-state index in [2.05, 4.69) is 30.9 Å². The van der Waals surface area contributed by atoms with Crippen molar-refractivity contribution in [2.24, 2.45) is 15.2 Å². The number of benzene rings is 4. The van der Waals surface area contributed by atoms with Crippen LogP contribution in [-0.4, -0.2) is 35.7 Å². The van der Waals surface area contributed by atoms with Crippen LogP contribution in [0.15, 0.2) is 112 Å². The summed E-state index contributed by atoms with van der Waals surface area (Å²) in [6.07, 6.45) is -0.626. The van der Waals surface area contributed by atoms with Crippen molar-refractivity contribution in [3.63, 3.8) is 0 Å². The number of hydrogen-bond acceptors (Lipinski definition) is 8. The van der Waals surface area contributed by atoms with E-state index in [1.807, 2.05) is 12.1 Å². The van der Waals surface area contributed by atoms with Crippen LogP contribution in [-0.2, 0) is 22.5 Å². The quantitative estimate of drug-likeness (QED) is 0.0423. The zero-order chi connectivity index (χ0) is 33.1. The highest BCUT2D eigenvalue weighted by Gasteiger charge is 2.54. The molecule has 238 valence electrons. The van der Waals surface area contributed by atoms with Gasteiger partial charge in [-0.15, -0.1) is 0 Å². The Kier molecular flexibility index (Phi) is 10.9. The van der Waals surface area contributed by atoms with Crippen LogP contribution >= 0.6 is 11.6 Å². The highest BCUT2D eigenvalue weighted by Crippen LogP contribution is 2.46. The number of ether oxygens (including phenoxy) is 2. The van der Waals surface area contributed by atoms with Gasteiger partial charge in [0.25, 0.3) is 5.91 Å². The third-order valence-corrected chi connectivity index (χ3v) is 7.67. The molecule has 1 aliphatic rings. The van der Waals surface area contributed by atoms with E-state index in [-0.39, 0.29) is 31.2 Å². The lowest BCUT2D eigenvalue weighted by Gasteiger charge is -2.31. The maximum absolute atomic E-state index is 14.5. The predicted molar refractivity (Wildman–Crippen MR) is 177 cm³/mol. The zero-order valence-corrected chi connectivity index (χ0v) is 25.8. The molecule has 0 aromatic heterocycles. The fourth-order valence-corrected chi connectivity index (χ4v) is 5.27. The van der Waals surface area contributed by atoms with Gasteiger partial charge in [-0.25, -0.2) is 10.4 Å². The van der Waals surface area contributed by atoms with Gasteiger partial charge in [-0.3, -0.25) is 10.2 Å². The van der Waals surface area contributed by atoms with Crippen LogP contribution in [0, 0.1) is 0 Å². The Bertz CT molecular complexity index is 1840. The number of halogens is 1. The molecule has 0 aliphatic carbocycles. The van der Waals surface area contributed by atoms with E-state index in [1.54, 1.807) is 84.9 Å². The molecule has 0 unspecified atom stereocenters. The average molecular weight is 652 g/mol. The van der Waals surface area contributed by atoms with Gasteiger partial charge in [-0.05, 0) is 58.6 Å². The van der Waals surface area contributed by atoms with Crippen LogP contribution < -0.4 is 15.6 Å². The maximum Gasteiger partial charge on any atom is 0.266 e. The first-order valence-corrected chi connectivity index (χ1v) is 15.0. The molecular formula is C33H30ClN9O4. The lowest BCUT2D eigenvalue weighted by atomic mass is 9.81. The maximum atomic E-state index is 14.5. The summed E-state index contributed by atoms with van der Waals surface area (Å²) in [6.45, 7) is 0.648. The summed E-state index contributed by atoms with van der Waals surface area (Å²) < 4.78 is 12.2. The summed E-state index contributed by atoms with van der Waals surface area (Å²) in [5, 5.41) is 17.4. The number of hydrogen-bond donors (Lipinski definition) is 3. The molecule has 3 N–H and O–H groups in total. The highest BCUT2D eigenvalue weighted by molar-refractivity contribution is 6.30. The van der Waals surface area contributed by atoms with Gasteiger partial charge in [0, 0.05) is 63.3 Å². The molecule has 0 spiro atoms. The van der Waals surface area contributed by atoms with Gasteiger partial charge in [0.05, 0.1) is 6.61 Å². The van der Waals surface area contributed by atoms with E-state index in [4.69, 9.17) is 31.2 Å². The third kappa shape index (κ3) is 7.82. The van der Waals surface area contributed by atoms with E-state index < -0.39 is 17.6 Å². The Morgan fingerprint density at radius 2 is 1.64 bits per heavy atom. The number of hydrazine groups is 1. The number of rotatable bonds is 14. The Labute approximate surface area is 275 Å². The zero-order valence-electron chi connectivity index (χ0n) is 25.0. The summed E-state index contributed by atoms with van der Waals surface area (Å²) in [6, 6.07) is 27.9. The minimum Gasteiger partial charge on any atom is -0.494 e. The summed E-state index contributed by atoms with van der Waals surface area (Å²) in [4.78, 5) is 25.4. The van der Waals surface area contributed by atoms with Crippen LogP contribution in [0.1, 0.15) is 34.8 Å². The molecule has 1 aliphatic heterocycles. The summed E-state index contributed by atoms with van der Waals surface area (Å²) in [5.41, 5.74) is 25.7. The second kappa shape index (κ2) is 15.6. The smallest absolute Gasteiger partial charge is 0.266 e. The summed E-state index contributed by atoms with van der Waals surface area (Å²) in [5.74, 6) is 0.216. The normalized spacial score (nSPS) is 16.6. The number of azide groups is 2. The minimum atomic E-state index is -1.68. The van der Waals surface area contributed by atoms with Crippen molar-refractivity contribution in [3.8, 4) is 5.75 Å². The van der Waals surface area contributed by atoms with Gasteiger partial charge in [0.15, 0.2) is 11.6 Å². The summed E-state index contributed by atoms with van der Waals surface area (Å²) >= 11 is 6.03. The molecule has 14 heteroatoms. The van der Waals surface area contributed by atoms with Gasteiger partial charge in [-0.2, -0.15) is 0 Å². The first-order valence-electron chi connectivity index (χ1n) is 14.6. The lowest BCUT2D eigenvalue weighted by Crippen LogP contribution is -2.53. The fourth-order valence-electron chi connectivity index (χ4n) is 5.14. The molecule has 0 fully saturated rings. The SMILES string of the molecule is [N-]=[N+]=Nc1ccccc1C[C@]1(C(=O)NNCc2ccc(Cl)cc2)N=C(c2ccc(OCCCO)cc2)O[C@H]1c1ccccc1N=[N+]=[N-]. The number of amides is 1. The minimum absolute atomic E-state index is 0.0168. The molecular weight excluding hydrogens is 622 g/mol. The van der Waals surface area contributed by atoms with E-state index in [1.165, 1.54) is 0 Å². The number of aliphatic hydroxyl groups excluding tert-OH is 1. The van der Waals surface area contributed by atoms with Crippen molar-refractivity contribution in [1.82, 2.24) is 10.9 Å². The van der Waals surface area contributed by atoms with E-state index in [0.29, 0.717) is 46.2 Å². The Morgan fingerprint density at radius 1 is 0.957 bits per heavy atom. The van der Waals surface area contributed by atoms with Crippen LogP contribution in [0.4, 0.5) is 11.4 Å². The number of carbonyl (C=O) groups is 1. The first-order chi connectivity index (χ1) is 23.0. The third-order valence-electron chi connectivity index (χ3n) is 7.41. The molecule has 5 rings (SSSR count). The predicted octanol–water partition coefficient (Wildman–Crippen LogP) is 7.31. The van der Waals surface area contributed by atoms with E-state index in [0.717, 1.165) is 5.56 Å². The molecule has 47 heavy (non-hydrogen) atoms. The van der Waals surface area contributed by atoms with Gasteiger partial charge in [0.1, 0.15) is 5.75 Å². The second-order valence-corrected chi connectivity index (χ2v) is 10.9. The molecule has 0 saturated heterocycles. The van der Waals surface area contributed by atoms with Crippen molar-refractivity contribution in [1.29, 1.82) is 0 Å². The van der Waals surface area contributed by atoms with Crippen LogP contribution in [0.3, 0.4) is 0 Å². The van der Waals surface area contributed by atoms with Gasteiger partial charge >= 0.3 is 0 Å². The first kappa shape index (κ1) is 32.8. The van der Waals surface area contributed by atoms with Crippen molar-refractivity contribution >= 4 is 34.8 Å². The van der Waals surface area contributed by atoms with Crippen molar-refractivity contribution < 1.29 is 19.4 Å².